The minimum atomic E-state index is -0.488. The molecular formula is C28H33N5O6. The number of aldehydes is 1. The van der Waals surface area contributed by atoms with Gasteiger partial charge in [-0.15, -0.1) is 0 Å². The topological polar surface area (TPSA) is 151 Å². The summed E-state index contributed by atoms with van der Waals surface area (Å²) >= 11 is 0. The highest BCUT2D eigenvalue weighted by atomic mass is 16.6. The Morgan fingerprint density at radius 1 is 1.05 bits per heavy atom. The van der Waals surface area contributed by atoms with Crippen LogP contribution < -0.4 is 11.3 Å². The van der Waals surface area contributed by atoms with Gasteiger partial charge in [0.25, 0.3) is 5.56 Å². The first-order valence-electron chi connectivity index (χ1n) is 12.5. The number of nitrogens with zero attached hydrogens (tertiary/aromatic N) is 3. The van der Waals surface area contributed by atoms with Crippen molar-refractivity contribution in [1.82, 2.24) is 19.5 Å². The number of nitrogen functional groups attached to an aromatic ring is 1. The minimum absolute atomic E-state index is 0.00922. The smallest absolute Gasteiger partial charge is 0.306 e. The Balaban J connectivity index is 0.000000353. The fourth-order valence-electron chi connectivity index (χ4n) is 3.60. The molecule has 0 aliphatic heterocycles. The van der Waals surface area contributed by atoms with E-state index >= 15 is 0 Å². The van der Waals surface area contributed by atoms with Crippen molar-refractivity contribution in [1.29, 1.82) is 0 Å². The number of H-pyrrole nitrogens is 1. The average Bonchev–Trinajstić information content (AvgIpc) is 3.36. The molecule has 0 aliphatic rings. The maximum atomic E-state index is 12.0. The van der Waals surface area contributed by atoms with Crippen LogP contribution in [0.3, 0.4) is 0 Å². The van der Waals surface area contributed by atoms with E-state index in [0.717, 1.165) is 18.3 Å². The van der Waals surface area contributed by atoms with Crippen molar-refractivity contribution in [2.24, 2.45) is 0 Å². The molecule has 4 aromatic rings. The summed E-state index contributed by atoms with van der Waals surface area (Å²) < 4.78 is 17.7. The van der Waals surface area contributed by atoms with Gasteiger partial charge in [-0.05, 0) is 24.0 Å². The summed E-state index contributed by atoms with van der Waals surface area (Å²) in [6, 6.07) is 19.7. The average molecular weight is 536 g/mol. The number of ether oxygens (including phenoxy) is 3. The Kier molecular flexibility index (Phi) is 11.8. The van der Waals surface area contributed by atoms with Crippen LogP contribution in [0.2, 0.25) is 0 Å². The number of carbonyl (C=O) groups is 2. The van der Waals surface area contributed by atoms with E-state index in [1.807, 2.05) is 60.7 Å². The number of nitrogens with two attached hydrogens (primary N) is 1. The first kappa shape index (κ1) is 29.2. The highest BCUT2D eigenvalue weighted by Gasteiger charge is 2.15. The summed E-state index contributed by atoms with van der Waals surface area (Å²) in [6.07, 6.45) is 4.28. The van der Waals surface area contributed by atoms with E-state index in [4.69, 9.17) is 19.9 Å². The van der Waals surface area contributed by atoms with Gasteiger partial charge in [-0.1, -0.05) is 60.7 Å². The highest BCUT2D eigenvalue weighted by Crippen LogP contribution is 2.09. The number of esters is 1. The van der Waals surface area contributed by atoms with Gasteiger partial charge in [0.1, 0.15) is 25.7 Å². The quantitative estimate of drug-likeness (QED) is 0.194. The van der Waals surface area contributed by atoms with Crippen LogP contribution in [0.5, 0.6) is 0 Å². The Morgan fingerprint density at radius 2 is 1.72 bits per heavy atom. The number of imidazole rings is 1. The number of aryl methyl sites for hydroxylation is 2. The zero-order chi connectivity index (χ0) is 27.9. The van der Waals surface area contributed by atoms with Crippen molar-refractivity contribution in [2.45, 2.75) is 38.5 Å². The zero-order valence-corrected chi connectivity index (χ0v) is 21.8. The molecule has 11 heteroatoms. The maximum Gasteiger partial charge on any atom is 0.306 e. The second-order valence-electron chi connectivity index (χ2n) is 8.57. The minimum Gasteiger partial charge on any atom is -0.463 e. The van der Waals surface area contributed by atoms with Gasteiger partial charge in [0.05, 0.1) is 12.9 Å². The van der Waals surface area contributed by atoms with E-state index in [1.165, 1.54) is 19.0 Å². The van der Waals surface area contributed by atoms with Gasteiger partial charge in [0, 0.05) is 20.0 Å². The third kappa shape index (κ3) is 9.80. The Hall–Kier alpha value is -4.35. The van der Waals surface area contributed by atoms with Crippen LogP contribution in [0.1, 0.15) is 24.0 Å². The van der Waals surface area contributed by atoms with Crippen LogP contribution >= 0.6 is 0 Å². The predicted octanol–water partition coefficient (Wildman–Crippen LogP) is 2.69. The van der Waals surface area contributed by atoms with E-state index < -0.39 is 11.7 Å². The number of aromatic nitrogens is 4. The number of aromatic amines is 1. The first-order chi connectivity index (χ1) is 19.0. The molecule has 2 heterocycles. The predicted molar refractivity (Wildman–Crippen MR) is 146 cm³/mol. The summed E-state index contributed by atoms with van der Waals surface area (Å²) in [7, 11) is 1.53. The molecule has 0 spiro atoms. The second kappa shape index (κ2) is 15.8. The van der Waals surface area contributed by atoms with Crippen LogP contribution in [-0.4, -0.2) is 58.2 Å². The molecule has 0 fully saturated rings. The molecule has 1 unspecified atom stereocenters. The molecule has 0 amide bonds. The molecule has 39 heavy (non-hydrogen) atoms. The second-order valence-corrected chi connectivity index (χ2v) is 8.57. The lowest BCUT2D eigenvalue weighted by molar-refractivity contribution is -0.151. The van der Waals surface area contributed by atoms with Crippen LogP contribution in [0.15, 0.2) is 71.8 Å². The van der Waals surface area contributed by atoms with Gasteiger partial charge in [0.2, 0.25) is 5.95 Å². The number of nitrogens with one attached hydrogen (secondary N) is 1. The summed E-state index contributed by atoms with van der Waals surface area (Å²) in [5.41, 5.74) is 7.93. The summed E-state index contributed by atoms with van der Waals surface area (Å²) in [5.74, 6) is -0.322. The summed E-state index contributed by atoms with van der Waals surface area (Å²) in [5, 5.41) is 0. The lowest BCUT2D eigenvalue weighted by Gasteiger charge is -2.17. The fraction of sp³-hybridized carbons (Fsp3) is 0.321. The summed E-state index contributed by atoms with van der Waals surface area (Å²) in [6.45, 7) is 0.320. The van der Waals surface area contributed by atoms with Gasteiger partial charge in [-0.25, -0.2) is 4.98 Å². The van der Waals surface area contributed by atoms with Gasteiger partial charge in [-0.3, -0.25) is 19.1 Å². The lowest BCUT2D eigenvalue weighted by atomic mass is 10.1. The van der Waals surface area contributed by atoms with Crippen molar-refractivity contribution >= 4 is 29.4 Å². The standard InChI is InChI=1S/C19H23N5O5.C9H10O/c1-27-9-14(10-28-15(25)8-7-13-5-3-2-4-6-13)29-12-24-11-21-16-17(24)22-19(20)23-18(16)26;10-8-4-7-9-5-2-1-3-6-9/h2-6,11,14H,7-10,12H2,1H3,(H3,20,22,23,26);1-3,5-6,8H,4,7H2. The molecule has 11 nitrogen and oxygen atoms in total. The molecule has 0 saturated carbocycles. The van der Waals surface area contributed by atoms with Crippen molar-refractivity contribution in [3.05, 3.63) is 88.5 Å². The lowest BCUT2D eigenvalue weighted by Crippen LogP contribution is -2.28. The molecular weight excluding hydrogens is 502 g/mol. The van der Waals surface area contributed by atoms with E-state index in [1.54, 1.807) is 4.57 Å². The van der Waals surface area contributed by atoms with Crippen molar-refractivity contribution in [3.8, 4) is 0 Å². The normalized spacial score (nSPS) is 11.4. The number of hydrogen-bond acceptors (Lipinski definition) is 9. The van der Waals surface area contributed by atoms with Gasteiger partial charge >= 0.3 is 5.97 Å². The van der Waals surface area contributed by atoms with Gasteiger partial charge in [0.15, 0.2) is 11.2 Å². The summed E-state index contributed by atoms with van der Waals surface area (Å²) in [4.78, 5) is 44.3. The maximum absolute atomic E-state index is 12.0. The van der Waals surface area contributed by atoms with E-state index in [9.17, 15) is 14.4 Å². The zero-order valence-electron chi connectivity index (χ0n) is 21.8. The monoisotopic (exact) mass is 535 g/mol. The molecule has 206 valence electrons. The molecule has 2 aromatic carbocycles. The third-order valence-corrected chi connectivity index (χ3v) is 5.58. The van der Waals surface area contributed by atoms with E-state index in [-0.39, 0.29) is 43.8 Å². The SMILES string of the molecule is COCC(COC(=O)CCc1ccccc1)OCn1cnc2c(=O)[nH]c(N)nc21.O=CCCc1ccccc1. The third-order valence-electron chi connectivity index (χ3n) is 5.58. The van der Waals surface area contributed by atoms with E-state index in [0.29, 0.717) is 18.5 Å². The number of carbonyl (C=O) groups excluding carboxylic acids is 2. The Labute approximate surface area is 225 Å². The fourth-order valence-corrected chi connectivity index (χ4v) is 3.60. The number of fused-ring (bicyclic) bond motifs is 1. The van der Waals surface area contributed by atoms with Crippen LogP contribution in [0.25, 0.3) is 11.2 Å². The highest BCUT2D eigenvalue weighted by molar-refractivity contribution is 5.70. The van der Waals surface area contributed by atoms with Gasteiger partial charge < -0.3 is 24.7 Å². The van der Waals surface area contributed by atoms with Crippen LogP contribution in [0.4, 0.5) is 5.95 Å². The van der Waals surface area contributed by atoms with Gasteiger partial charge in [-0.2, -0.15) is 4.98 Å². The number of anilines is 1. The van der Waals surface area contributed by atoms with Crippen LogP contribution in [-0.2, 0) is 43.4 Å². The molecule has 0 aliphatic carbocycles. The number of methoxy groups -OCH3 is 1. The number of rotatable bonds is 13. The molecule has 0 radical (unpaired) electrons. The molecule has 0 saturated heterocycles. The number of hydrogen-bond donors (Lipinski definition) is 2. The van der Waals surface area contributed by atoms with Crippen molar-refractivity contribution in [3.63, 3.8) is 0 Å². The number of benzene rings is 2. The molecule has 2 aromatic heterocycles. The first-order valence-corrected chi connectivity index (χ1v) is 12.5. The molecule has 3 N–H and O–H groups in total. The molecule has 4 rings (SSSR count). The van der Waals surface area contributed by atoms with Crippen molar-refractivity contribution < 1.29 is 23.8 Å². The Bertz CT molecular complexity index is 1360. The van der Waals surface area contributed by atoms with E-state index in [2.05, 4.69) is 15.0 Å². The van der Waals surface area contributed by atoms with Crippen LogP contribution in [0, 0.1) is 0 Å². The molecule has 1 atom stereocenters. The molecule has 0 bridgehead atoms. The largest absolute Gasteiger partial charge is 0.463 e. The Morgan fingerprint density at radius 3 is 2.36 bits per heavy atom. The van der Waals surface area contributed by atoms with Crippen molar-refractivity contribution in [2.75, 3.05) is 26.1 Å².